The fourth-order valence-corrected chi connectivity index (χ4v) is 5.97. The maximum atomic E-state index is 13.5. The fraction of sp³-hybridized carbons (Fsp3) is 0.100. The van der Waals surface area contributed by atoms with Gasteiger partial charge in [-0.2, -0.15) is 13.2 Å². The van der Waals surface area contributed by atoms with E-state index < -0.39 is 17.4 Å². The molecule has 0 fully saturated rings. The van der Waals surface area contributed by atoms with Crippen LogP contribution in [-0.2, 0) is 11.6 Å². The van der Waals surface area contributed by atoms with Gasteiger partial charge in [0.1, 0.15) is 5.82 Å². The Labute approximate surface area is 205 Å². The van der Waals surface area contributed by atoms with E-state index in [0.29, 0.717) is 5.56 Å². The summed E-state index contributed by atoms with van der Waals surface area (Å²) in [5, 5.41) is 0. The maximum Gasteiger partial charge on any atom is 0.451 e. The highest BCUT2D eigenvalue weighted by Crippen LogP contribution is 2.62. The molecule has 2 aliphatic rings. The highest BCUT2D eigenvalue weighted by atomic mass is 19.4. The molecule has 5 aromatic rings. The number of hydrogen-bond donors (Lipinski definition) is 0. The van der Waals surface area contributed by atoms with Crippen molar-refractivity contribution in [1.82, 2.24) is 15.0 Å². The van der Waals surface area contributed by atoms with Crippen LogP contribution in [0.3, 0.4) is 0 Å². The molecule has 174 valence electrons. The summed E-state index contributed by atoms with van der Waals surface area (Å²) in [6.45, 7) is 1.45. The van der Waals surface area contributed by atoms with Crippen molar-refractivity contribution in [2.75, 3.05) is 0 Å². The van der Waals surface area contributed by atoms with Crippen molar-refractivity contribution in [2.45, 2.75) is 18.5 Å². The minimum atomic E-state index is -4.65. The van der Waals surface area contributed by atoms with Crippen LogP contribution in [0, 0.1) is 6.92 Å². The van der Waals surface area contributed by atoms with E-state index in [-0.39, 0.29) is 11.6 Å². The Kier molecular flexibility index (Phi) is 4.14. The van der Waals surface area contributed by atoms with Crippen molar-refractivity contribution >= 4 is 0 Å². The van der Waals surface area contributed by atoms with Crippen LogP contribution in [0.15, 0.2) is 91.0 Å². The van der Waals surface area contributed by atoms with E-state index in [4.69, 9.17) is 0 Å². The van der Waals surface area contributed by atoms with Gasteiger partial charge in [-0.1, -0.05) is 84.9 Å². The smallest absolute Gasteiger partial charge is 0.213 e. The SMILES string of the molecule is Cc1nc(-c2ccc3c(c2)C2(c4ccccc4-c4ccccc42)c2ccccc2-3)nc(C(F)(F)F)n1. The lowest BCUT2D eigenvalue weighted by atomic mass is 9.70. The number of benzene rings is 4. The molecule has 2 aliphatic carbocycles. The first-order valence-electron chi connectivity index (χ1n) is 11.6. The van der Waals surface area contributed by atoms with E-state index in [1.165, 1.54) is 6.92 Å². The molecule has 7 rings (SSSR count). The van der Waals surface area contributed by atoms with Gasteiger partial charge in [-0.05, 0) is 57.5 Å². The number of aryl methyl sites for hydroxylation is 1. The summed E-state index contributed by atoms with van der Waals surface area (Å²) in [7, 11) is 0. The normalized spacial score (nSPS) is 14.3. The van der Waals surface area contributed by atoms with Crippen LogP contribution in [0.1, 0.15) is 33.9 Å². The van der Waals surface area contributed by atoms with Crippen LogP contribution in [-0.4, -0.2) is 15.0 Å². The summed E-state index contributed by atoms with van der Waals surface area (Å²) in [4.78, 5) is 11.6. The number of halogens is 3. The Bertz CT molecular complexity index is 1640. The lowest BCUT2D eigenvalue weighted by molar-refractivity contribution is -0.145. The van der Waals surface area contributed by atoms with Crippen LogP contribution in [0.25, 0.3) is 33.6 Å². The number of hydrogen-bond acceptors (Lipinski definition) is 3. The molecule has 4 aromatic carbocycles. The number of aromatic nitrogens is 3. The van der Waals surface area contributed by atoms with Gasteiger partial charge in [0.15, 0.2) is 5.82 Å². The third-order valence-corrected chi connectivity index (χ3v) is 7.26. The lowest BCUT2D eigenvalue weighted by Gasteiger charge is -2.30. The zero-order valence-electron chi connectivity index (χ0n) is 19.1. The molecule has 1 aromatic heterocycles. The molecular weight excluding hydrogens is 459 g/mol. The quantitative estimate of drug-likeness (QED) is 0.251. The molecule has 0 radical (unpaired) electrons. The average Bonchev–Trinajstić information content (AvgIpc) is 3.35. The van der Waals surface area contributed by atoms with Gasteiger partial charge >= 0.3 is 6.18 Å². The van der Waals surface area contributed by atoms with E-state index in [0.717, 1.165) is 44.5 Å². The molecule has 3 nitrogen and oxygen atoms in total. The zero-order valence-corrected chi connectivity index (χ0v) is 19.1. The van der Waals surface area contributed by atoms with Gasteiger partial charge in [-0.25, -0.2) is 15.0 Å². The van der Waals surface area contributed by atoms with Crippen molar-refractivity contribution in [2.24, 2.45) is 0 Å². The van der Waals surface area contributed by atoms with Gasteiger partial charge < -0.3 is 0 Å². The molecule has 0 amide bonds. The van der Waals surface area contributed by atoms with Crippen LogP contribution in [0.4, 0.5) is 13.2 Å². The van der Waals surface area contributed by atoms with Crippen LogP contribution in [0.5, 0.6) is 0 Å². The van der Waals surface area contributed by atoms with Gasteiger partial charge in [0.2, 0.25) is 5.82 Å². The van der Waals surface area contributed by atoms with Crippen LogP contribution >= 0.6 is 0 Å². The summed E-state index contributed by atoms with van der Waals surface area (Å²) in [5.41, 5.74) is 8.96. The summed E-state index contributed by atoms with van der Waals surface area (Å²) in [6.07, 6.45) is -4.65. The fourth-order valence-electron chi connectivity index (χ4n) is 5.97. The van der Waals surface area contributed by atoms with Gasteiger partial charge in [-0.3, -0.25) is 0 Å². The Morgan fingerprint density at radius 1 is 0.583 bits per heavy atom. The van der Waals surface area contributed by atoms with E-state index in [2.05, 4.69) is 51.4 Å². The maximum absolute atomic E-state index is 13.5. The van der Waals surface area contributed by atoms with Gasteiger partial charge in [0.05, 0.1) is 5.41 Å². The topological polar surface area (TPSA) is 38.7 Å². The van der Waals surface area contributed by atoms with Crippen molar-refractivity contribution < 1.29 is 13.2 Å². The molecular formula is C30H18F3N3. The molecule has 0 saturated heterocycles. The molecule has 0 saturated carbocycles. The van der Waals surface area contributed by atoms with Crippen molar-refractivity contribution in [3.63, 3.8) is 0 Å². The largest absolute Gasteiger partial charge is 0.451 e. The second-order valence-electron chi connectivity index (χ2n) is 9.17. The highest BCUT2D eigenvalue weighted by Gasteiger charge is 2.51. The lowest BCUT2D eigenvalue weighted by Crippen LogP contribution is -2.25. The minimum absolute atomic E-state index is 0.0169. The second-order valence-corrected chi connectivity index (χ2v) is 9.17. The minimum Gasteiger partial charge on any atom is -0.213 e. The Balaban J connectivity index is 1.56. The molecule has 0 unspecified atom stereocenters. The first-order chi connectivity index (χ1) is 17.4. The molecule has 0 N–H and O–H groups in total. The van der Waals surface area contributed by atoms with Gasteiger partial charge in [0, 0.05) is 5.56 Å². The number of nitrogens with zero attached hydrogens (tertiary/aromatic N) is 3. The summed E-state index contributed by atoms with van der Waals surface area (Å²) < 4.78 is 40.4. The summed E-state index contributed by atoms with van der Waals surface area (Å²) in [5.74, 6) is -1.13. The average molecular weight is 477 g/mol. The first-order valence-corrected chi connectivity index (χ1v) is 11.6. The Hall–Kier alpha value is -4.32. The molecule has 1 spiro atoms. The Morgan fingerprint density at radius 2 is 1.08 bits per heavy atom. The monoisotopic (exact) mass is 477 g/mol. The molecule has 1 heterocycles. The van der Waals surface area contributed by atoms with E-state index in [1.807, 2.05) is 48.5 Å². The number of fused-ring (bicyclic) bond motifs is 10. The predicted octanol–water partition coefficient (Wildman–Crippen LogP) is 7.21. The van der Waals surface area contributed by atoms with Crippen LogP contribution in [0.2, 0.25) is 0 Å². The zero-order chi connectivity index (χ0) is 24.7. The third kappa shape index (κ3) is 2.67. The second kappa shape index (κ2) is 7.10. The van der Waals surface area contributed by atoms with Gasteiger partial charge in [-0.15, -0.1) is 0 Å². The van der Waals surface area contributed by atoms with Crippen molar-refractivity contribution in [1.29, 1.82) is 0 Å². The molecule has 0 aliphatic heterocycles. The standard InChI is InChI=1S/C30H18F3N3/c1-17-34-27(36-28(35-17)30(31,32)33)18-14-15-22-21-10-4-7-13-25(21)29(26(22)16-18)23-11-5-2-8-19(23)20-9-3-6-12-24(20)29/h2-16H,1H3. The first kappa shape index (κ1) is 21.0. The molecule has 0 atom stereocenters. The molecule has 0 bridgehead atoms. The molecule has 6 heteroatoms. The third-order valence-electron chi connectivity index (χ3n) is 7.26. The van der Waals surface area contributed by atoms with Crippen LogP contribution < -0.4 is 0 Å². The highest BCUT2D eigenvalue weighted by molar-refractivity contribution is 5.95. The van der Waals surface area contributed by atoms with Crippen molar-refractivity contribution in [3.8, 4) is 33.6 Å². The number of alkyl halides is 3. The molecule has 36 heavy (non-hydrogen) atoms. The number of rotatable bonds is 1. The summed E-state index contributed by atoms with van der Waals surface area (Å²) in [6, 6.07) is 30.8. The van der Waals surface area contributed by atoms with E-state index in [1.54, 1.807) is 6.07 Å². The van der Waals surface area contributed by atoms with E-state index >= 15 is 0 Å². The van der Waals surface area contributed by atoms with Gasteiger partial charge in [0.25, 0.3) is 0 Å². The predicted molar refractivity (Wildman–Crippen MR) is 131 cm³/mol. The summed E-state index contributed by atoms with van der Waals surface area (Å²) >= 11 is 0. The van der Waals surface area contributed by atoms with E-state index in [9.17, 15) is 13.2 Å². The van der Waals surface area contributed by atoms with Crippen molar-refractivity contribution in [3.05, 3.63) is 125 Å². The Morgan fingerprint density at radius 3 is 1.61 bits per heavy atom.